The lowest BCUT2D eigenvalue weighted by molar-refractivity contribution is -0.148. The maximum absolute atomic E-state index is 12.7. The summed E-state index contributed by atoms with van der Waals surface area (Å²) in [4.78, 5) is 35.0. The van der Waals surface area contributed by atoms with Crippen LogP contribution in [0.1, 0.15) is 25.0 Å². The lowest BCUT2D eigenvalue weighted by Gasteiger charge is -2.13. The number of hydrogen-bond donors (Lipinski definition) is 2. The van der Waals surface area contributed by atoms with E-state index >= 15 is 0 Å². The minimum Gasteiger partial charge on any atom is -0.449 e. The first kappa shape index (κ1) is 22.7. The van der Waals surface area contributed by atoms with Crippen LogP contribution in [-0.4, -0.2) is 23.9 Å². The van der Waals surface area contributed by atoms with Crippen LogP contribution in [-0.2, 0) is 25.3 Å². The van der Waals surface area contributed by atoms with Crippen LogP contribution in [0.4, 0.5) is 24.5 Å². The van der Waals surface area contributed by atoms with E-state index in [1.54, 1.807) is 24.3 Å². The fourth-order valence-electron chi connectivity index (χ4n) is 2.33. The van der Waals surface area contributed by atoms with E-state index in [1.165, 1.54) is 32.1 Å². The van der Waals surface area contributed by atoms with Crippen molar-refractivity contribution >= 4 is 35.2 Å². The van der Waals surface area contributed by atoms with Gasteiger partial charge in [0.05, 0.1) is 5.56 Å². The highest BCUT2D eigenvalue weighted by molar-refractivity contribution is 5.97. The van der Waals surface area contributed by atoms with Gasteiger partial charge in [0.2, 0.25) is 5.91 Å². The highest BCUT2D eigenvalue weighted by atomic mass is 19.4. The van der Waals surface area contributed by atoms with Crippen LogP contribution in [0.15, 0.2) is 54.6 Å². The molecule has 2 amide bonds. The zero-order valence-corrected chi connectivity index (χ0v) is 16.1. The minimum absolute atomic E-state index is 0.165. The molecular formula is C21H19F3N2O4. The molecule has 2 aromatic rings. The first-order chi connectivity index (χ1) is 14.0. The number of alkyl halides is 3. The molecule has 30 heavy (non-hydrogen) atoms. The predicted octanol–water partition coefficient (Wildman–Crippen LogP) is 4.25. The van der Waals surface area contributed by atoms with Gasteiger partial charge in [-0.3, -0.25) is 9.59 Å². The van der Waals surface area contributed by atoms with Crippen LogP contribution in [0.5, 0.6) is 0 Å². The summed E-state index contributed by atoms with van der Waals surface area (Å²) in [7, 11) is 0. The molecule has 0 aliphatic heterocycles. The second-order valence-corrected chi connectivity index (χ2v) is 6.28. The molecule has 0 fully saturated rings. The Morgan fingerprint density at radius 2 is 1.60 bits per heavy atom. The van der Waals surface area contributed by atoms with Crippen LogP contribution in [0, 0.1) is 0 Å². The summed E-state index contributed by atoms with van der Waals surface area (Å²) in [5.74, 6) is -1.70. The van der Waals surface area contributed by atoms with Gasteiger partial charge in [-0.1, -0.05) is 12.1 Å². The van der Waals surface area contributed by atoms with Crippen molar-refractivity contribution in [3.05, 3.63) is 65.7 Å². The average Bonchev–Trinajstić information content (AvgIpc) is 2.67. The molecule has 9 heteroatoms. The zero-order chi connectivity index (χ0) is 22.3. The van der Waals surface area contributed by atoms with Crippen LogP contribution < -0.4 is 10.6 Å². The molecule has 2 aromatic carbocycles. The third-order valence-corrected chi connectivity index (χ3v) is 3.76. The number of carbonyl (C=O) groups is 3. The van der Waals surface area contributed by atoms with E-state index in [1.807, 2.05) is 0 Å². The molecule has 0 saturated carbocycles. The molecule has 2 N–H and O–H groups in total. The van der Waals surface area contributed by atoms with Crippen molar-refractivity contribution in [3.8, 4) is 0 Å². The van der Waals surface area contributed by atoms with Gasteiger partial charge in [0, 0.05) is 24.4 Å². The van der Waals surface area contributed by atoms with Gasteiger partial charge in [0.1, 0.15) is 0 Å². The number of carbonyl (C=O) groups excluding carboxylic acids is 3. The molecule has 0 radical (unpaired) electrons. The summed E-state index contributed by atoms with van der Waals surface area (Å²) in [5.41, 5.74) is 0.310. The molecule has 158 valence electrons. The first-order valence-electron chi connectivity index (χ1n) is 8.79. The van der Waals surface area contributed by atoms with E-state index in [-0.39, 0.29) is 11.5 Å². The van der Waals surface area contributed by atoms with Crippen molar-refractivity contribution in [1.29, 1.82) is 0 Å². The topological polar surface area (TPSA) is 84.5 Å². The molecule has 0 spiro atoms. The lowest BCUT2D eigenvalue weighted by atomic mass is 10.1. The molecule has 1 atom stereocenters. The molecule has 0 aliphatic carbocycles. The number of benzene rings is 2. The molecule has 6 nitrogen and oxygen atoms in total. The van der Waals surface area contributed by atoms with Gasteiger partial charge in [-0.2, -0.15) is 13.2 Å². The summed E-state index contributed by atoms with van der Waals surface area (Å²) in [6.07, 6.45) is -3.51. The molecule has 0 aromatic heterocycles. The van der Waals surface area contributed by atoms with Crippen molar-refractivity contribution in [1.82, 2.24) is 0 Å². The van der Waals surface area contributed by atoms with Gasteiger partial charge in [-0.15, -0.1) is 0 Å². The summed E-state index contributed by atoms with van der Waals surface area (Å²) in [6, 6.07) is 10.7. The van der Waals surface area contributed by atoms with Gasteiger partial charge in [-0.05, 0) is 55.0 Å². The molecule has 0 aliphatic rings. The third-order valence-electron chi connectivity index (χ3n) is 3.76. The standard InChI is InChI=1S/C21H19F3N2O4/c1-13(20(29)26-18-9-7-17(8-10-18)25-14(2)27)30-19(28)11-6-15-4-3-5-16(12-15)21(22,23)24/h3-13H,1-2H3,(H,25,27)(H,26,29)/b11-6+/t13-/m1/s1. The molecule has 0 unspecified atom stereocenters. The maximum atomic E-state index is 12.7. The fourth-order valence-corrected chi connectivity index (χ4v) is 2.33. The monoisotopic (exact) mass is 420 g/mol. The Hall–Kier alpha value is -3.62. The number of esters is 1. The lowest BCUT2D eigenvalue weighted by Crippen LogP contribution is -2.29. The summed E-state index contributed by atoms with van der Waals surface area (Å²) < 4.78 is 43.1. The SMILES string of the molecule is CC(=O)Nc1ccc(NC(=O)[C@@H](C)OC(=O)/C=C/c2cccc(C(F)(F)F)c2)cc1. The quantitative estimate of drug-likeness (QED) is 0.541. The van der Waals surface area contributed by atoms with Gasteiger partial charge < -0.3 is 15.4 Å². The van der Waals surface area contributed by atoms with Gasteiger partial charge in [0.25, 0.3) is 5.91 Å². The number of anilines is 2. The van der Waals surface area contributed by atoms with Crippen molar-refractivity contribution in [3.63, 3.8) is 0 Å². The fraction of sp³-hybridized carbons (Fsp3) is 0.190. The number of ether oxygens (including phenoxy) is 1. The second kappa shape index (κ2) is 9.73. The van der Waals surface area contributed by atoms with E-state index in [4.69, 9.17) is 4.74 Å². The Labute approximate surface area is 170 Å². The van der Waals surface area contributed by atoms with Crippen LogP contribution in [0.25, 0.3) is 6.08 Å². The largest absolute Gasteiger partial charge is 0.449 e. The Morgan fingerprint density at radius 3 is 2.17 bits per heavy atom. The summed E-state index contributed by atoms with van der Waals surface area (Å²) >= 11 is 0. The Kier molecular flexibility index (Phi) is 7.35. The number of hydrogen-bond acceptors (Lipinski definition) is 4. The molecule has 0 heterocycles. The van der Waals surface area contributed by atoms with E-state index in [0.29, 0.717) is 11.4 Å². The average molecular weight is 420 g/mol. The van der Waals surface area contributed by atoms with E-state index in [2.05, 4.69) is 10.6 Å². The maximum Gasteiger partial charge on any atom is 0.416 e. The van der Waals surface area contributed by atoms with Crippen molar-refractivity contribution in [2.24, 2.45) is 0 Å². The number of rotatable bonds is 6. The highest BCUT2D eigenvalue weighted by Gasteiger charge is 2.30. The van der Waals surface area contributed by atoms with Crippen LogP contribution >= 0.6 is 0 Å². The Morgan fingerprint density at radius 1 is 1.00 bits per heavy atom. The summed E-state index contributed by atoms with van der Waals surface area (Å²) in [6.45, 7) is 2.73. The van der Waals surface area contributed by atoms with E-state index in [9.17, 15) is 27.6 Å². The van der Waals surface area contributed by atoms with Crippen molar-refractivity contribution in [2.75, 3.05) is 10.6 Å². The third kappa shape index (κ3) is 7.08. The molecular weight excluding hydrogens is 401 g/mol. The summed E-state index contributed by atoms with van der Waals surface area (Å²) in [5, 5.41) is 5.13. The predicted molar refractivity (Wildman–Crippen MR) is 105 cm³/mol. The Balaban J connectivity index is 1.91. The van der Waals surface area contributed by atoms with Crippen molar-refractivity contribution < 1.29 is 32.3 Å². The van der Waals surface area contributed by atoms with Gasteiger partial charge in [-0.25, -0.2) is 4.79 Å². The van der Waals surface area contributed by atoms with Crippen LogP contribution in [0.2, 0.25) is 0 Å². The Bertz CT molecular complexity index is 953. The molecule has 0 bridgehead atoms. The second-order valence-electron chi connectivity index (χ2n) is 6.28. The van der Waals surface area contributed by atoms with E-state index < -0.39 is 29.7 Å². The number of nitrogens with one attached hydrogen (secondary N) is 2. The van der Waals surface area contributed by atoms with Gasteiger partial charge >= 0.3 is 12.1 Å². The first-order valence-corrected chi connectivity index (χ1v) is 8.79. The van der Waals surface area contributed by atoms with Gasteiger partial charge in [0.15, 0.2) is 6.10 Å². The number of amides is 2. The number of halogens is 3. The highest BCUT2D eigenvalue weighted by Crippen LogP contribution is 2.29. The zero-order valence-electron chi connectivity index (χ0n) is 16.1. The van der Waals surface area contributed by atoms with Crippen LogP contribution in [0.3, 0.4) is 0 Å². The minimum atomic E-state index is -4.49. The smallest absolute Gasteiger partial charge is 0.416 e. The van der Waals surface area contributed by atoms with Crippen molar-refractivity contribution in [2.45, 2.75) is 26.1 Å². The normalized spacial score (nSPS) is 12.3. The molecule has 2 rings (SSSR count). The van der Waals surface area contributed by atoms with E-state index in [0.717, 1.165) is 18.2 Å². The molecule has 0 saturated heterocycles.